The summed E-state index contributed by atoms with van der Waals surface area (Å²) in [6.45, 7) is 3.95. The second-order valence-corrected chi connectivity index (χ2v) is 13.0. The van der Waals surface area contributed by atoms with Crippen molar-refractivity contribution in [3.63, 3.8) is 0 Å². The normalized spacial score (nSPS) is 17.1. The number of aromatic nitrogens is 2. The number of nitrogens with one attached hydrogen (secondary N) is 2. The van der Waals surface area contributed by atoms with E-state index in [9.17, 15) is 21.6 Å². The number of thiophene rings is 1. The quantitative estimate of drug-likeness (QED) is 0.474. The number of carbonyl (C=O) groups is 1. The zero-order chi connectivity index (χ0) is 25.2. The van der Waals surface area contributed by atoms with E-state index in [2.05, 4.69) is 20.0 Å². The Morgan fingerprint density at radius 1 is 1.06 bits per heavy atom. The molecule has 186 valence electrons. The average molecular weight is 536 g/mol. The topological polar surface area (TPSA) is 138 Å². The van der Waals surface area contributed by atoms with Gasteiger partial charge in [0, 0.05) is 30.2 Å². The van der Waals surface area contributed by atoms with E-state index >= 15 is 0 Å². The van der Waals surface area contributed by atoms with Crippen LogP contribution < -0.4 is 10.0 Å². The van der Waals surface area contributed by atoms with E-state index in [0.29, 0.717) is 36.5 Å². The molecule has 35 heavy (non-hydrogen) atoms. The number of nitrogens with zero attached hydrogens (tertiary/aromatic N) is 3. The van der Waals surface area contributed by atoms with Crippen LogP contribution in [0.3, 0.4) is 0 Å². The monoisotopic (exact) mass is 535 g/mol. The average Bonchev–Trinajstić information content (AvgIpc) is 3.34. The number of benzene rings is 1. The maximum atomic E-state index is 12.8. The highest BCUT2D eigenvalue weighted by atomic mass is 32.2. The number of amides is 1. The summed E-state index contributed by atoms with van der Waals surface area (Å²) in [6, 6.07) is 10.7. The Balaban J connectivity index is 1.41. The van der Waals surface area contributed by atoms with Gasteiger partial charge in [0.2, 0.25) is 11.9 Å². The van der Waals surface area contributed by atoms with Gasteiger partial charge in [0.15, 0.2) is 0 Å². The second-order valence-electron chi connectivity index (χ2n) is 8.23. The van der Waals surface area contributed by atoms with E-state index in [1.165, 1.54) is 28.6 Å². The number of anilines is 2. The van der Waals surface area contributed by atoms with Gasteiger partial charge >= 0.3 is 0 Å². The summed E-state index contributed by atoms with van der Waals surface area (Å²) in [5.74, 6) is -0.835. The summed E-state index contributed by atoms with van der Waals surface area (Å²) in [5.41, 5.74) is 1.69. The van der Waals surface area contributed by atoms with Gasteiger partial charge < -0.3 is 5.32 Å². The lowest BCUT2D eigenvalue weighted by Crippen LogP contribution is -2.43. The minimum atomic E-state index is -3.92. The lowest BCUT2D eigenvalue weighted by atomic mass is 9.99. The molecule has 0 aliphatic carbocycles. The summed E-state index contributed by atoms with van der Waals surface area (Å²) < 4.78 is 55.0. The highest BCUT2D eigenvalue weighted by Crippen LogP contribution is 2.27. The third-order valence-corrected chi connectivity index (χ3v) is 10.1. The smallest absolute Gasteiger partial charge is 0.264 e. The fraction of sp³-hybridized carbons (Fsp3) is 0.318. The molecule has 0 saturated carbocycles. The number of hydrogen-bond donors (Lipinski definition) is 2. The molecule has 1 amide bonds. The van der Waals surface area contributed by atoms with Crippen molar-refractivity contribution in [1.82, 2.24) is 14.3 Å². The summed E-state index contributed by atoms with van der Waals surface area (Å²) in [5, 5.41) is 4.47. The molecule has 1 atom stereocenters. The van der Waals surface area contributed by atoms with Crippen LogP contribution in [0.5, 0.6) is 0 Å². The van der Waals surface area contributed by atoms with E-state index in [0.717, 1.165) is 11.3 Å². The molecule has 0 radical (unpaired) electrons. The van der Waals surface area contributed by atoms with Crippen molar-refractivity contribution in [2.24, 2.45) is 5.92 Å². The fourth-order valence-electron chi connectivity index (χ4n) is 3.82. The molecule has 13 heteroatoms. The van der Waals surface area contributed by atoms with Crippen LogP contribution in [-0.4, -0.2) is 50.1 Å². The van der Waals surface area contributed by atoms with Crippen LogP contribution >= 0.6 is 11.3 Å². The molecule has 3 heterocycles. The summed E-state index contributed by atoms with van der Waals surface area (Å²) in [4.78, 5) is 21.0. The Bertz CT molecular complexity index is 1400. The van der Waals surface area contributed by atoms with Gasteiger partial charge in [0.1, 0.15) is 4.21 Å². The maximum absolute atomic E-state index is 12.8. The zero-order valence-electron chi connectivity index (χ0n) is 19.1. The molecule has 0 bridgehead atoms. The minimum absolute atomic E-state index is 0.0101. The molecular weight excluding hydrogens is 510 g/mol. The van der Waals surface area contributed by atoms with Crippen molar-refractivity contribution in [3.05, 3.63) is 59.2 Å². The van der Waals surface area contributed by atoms with Gasteiger partial charge in [-0.05, 0) is 68.5 Å². The number of hydrogen-bond acceptors (Lipinski definition) is 8. The third kappa shape index (κ3) is 5.86. The SMILES string of the molecule is Cc1cc(C)nc(NS(=O)(=O)c2ccc(NC(=O)[C@H]3CCCN(S(=O)(=O)c4cccs4)C3)cc2)n1. The first kappa shape index (κ1) is 25.2. The van der Waals surface area contributed by atoms with Crippen LogP contribution in [0.2, 0.25) is 0 Å². The fourth-order valence-corrected chi connectivity index (χ4v) is 7.44. The molecule has 0 spiro atoms. The van der Waals surface area contributed by atoms with Crippen LogP contribution in [0.1, 0.15) is 24.2 Å². The first-order valence-electron chi connectivity index (χ1n) is 10.8. The van der Waals surface area contributed by atoms with E-state index < -0.39 is 26.0 Å². The van der Waals surface area contributed by atoms with Gasteiger partial charge in [-0.2, -0.15) is 4.31 Å². The third-order valence-electron chi connectivity index (χ3n) is 5.48. The number of aryl methyl sites for hydroxylation is 2. The zero-order valence-corrected chi connectivity index (χ0v) is 21.6. The standard InChI is InChI=1S/C22H25N5O5S3/c1-15-13-16(2)24-22(23-15)26-34(29,30)19-9-7-18(8-10-19)25-21(28)17-5-3-11-27(14-17)35(31,32)20-6-4-12-33-20/h4,6-10,12-13,17H,3,5,11,14H2,1-2H3,(H,25,28)(H,23,24,26)/t17-/m0/s1. The Morgan fingerprint density at radius 2 is 1.74 bits per heavy atom. The molecular formula is C22H25N5O5S3. The van der Waals surface area contributed by atoms with Crippen molar-refractivity contribution in [1.29, 1.82) is 0 Å². The van der Waals surface area contributed by atoms with Crippen LogP contribution in [0, 0.1) is 19.8 Å². The van der Waals surface area contributed by atoms with E-state index in [1.54, 1.807) is 37.4 Å². The predicted molar refractivity (Wildman–Crippen MR) is 133 cm³/mol. The van der Waals surface area contributed by atoms with Crippen LogP contribution in [-0.2, 0) is 24.8 Å². The van der Waals surface area contributed by atoms with Crippen molar-refractivity contribution in [2.45, 2.75) is 35.8 Å². The number of carbonyl (C=O) groups excluding carboxylic acids is 1. The van der Waals surface area contributed by atoms with Gasteiger partial charge in [-0.15, -0.1) is 11.3 Å². The van der Waals surface area contributed by atoms with E-state index in [-0.39, 0.29) is 27.5 Å². The van der Waals surface area contributed by atoms with Crippen LogP contribution in [0.4, 0.5) is 11.6 Å². The molecule has 1 fully saturated rings. The van der Waals surface area contributed by atoms with Gasteiger partial charge in [-0.1, -0.05) is 6.07 Å². The molecule has 10 nitrogen and oxygen atoms in total. The summed E-state index contributed by atoms with van der Waals surface area (Å²) >= 11 is 1.15. The lowest BCUT2D eigenvalue weighted by molar-refractivity contribution is -0.120. The first-order chi connectivity index (χ1) is 16.5. The molecule has 2 N–H and O–H groups in total. The number of piperidine rings is 1. The molecule has 1 aliphatic rings. The van der Waals surface area contributed by atoms with E-state index in [4.69, 9.17) is 0 Å². The second kappa shape index (κ2) is 10.0. The van der Waals surface area contributed by atoms with Crippen molar-refractivity contribution in [2.75, 3.05) is 23.1 Å². The van der Waals surface area contributed by atoms with E-state index in [1.807, 2.05) is 0 Å². The van der Waals surface area contributed by atoms with Crippen LogP contribution in [0.25, 0.3) is 0 Å². The van der Waals surface area contributed by atoms with Crippen LogP contribution in [0.15, 0.2) is 56.9 Å². The molecule has 1 saturated heterocycles. The lowest BCUT2D eigenvalue weighted by Gasteiger charge is -2.30. The van der Waals surface area contributed by atoms with Gasteiger partial charge in [0.05, 0.1) is 10.8 Å². The molecule has 2 aromatic heterocycles. The van der Waals surface area contributed by atoms with Crippen molar-refractivity contribution in [3.8, 4) is 0 Å². The molecule has 1 aliphatic heterocycles. The van der Waals surface area contributed by atoms with Gasteiger partial charge in [-0.25, -0.2) is 31.5 Å². The first-order valence-corrected chi connectivity index (χ1v) is 14.6. The molecule has 3 aromatic rings. The predicted octanol–water partition coefficient (Wildman–Crippen LogP) is 3.00. The molecule has 1 aromatic carbocycles. The Labute approximate surface area is 208 Å². The largest absolute Gasteiger partial charge is 0.326 e. The number of sulfonamides is 2. The Hall–Kier alpha value is -2.87. The Morgan fingerprint density at radius 3 is 2.37 bits per heavy atom. The van der Waals surface area contributed by atoms with Crippen molar-refractivity contribution >= 4 is 48.9 Å². The molecule has 0 unspecified atom stereocenters. The highest BCUT2D eigenvalue weighted by Gasteiger charge is 2.33. The van der Waals surface area contributed by atoms with Gasteiger partial charge in [-0.3, -0.25) is 4.79 Å². The minimum Gasteiger partial charge on any atom is -0.326 e. The van der Waals surface area contributed by atoms with Crippen molar-refractivity contribution < 1.29 is 21.6 Å². The number of rotatable bonds is 7. The highest BCUT2D eigenvalue weighted by molar-refractivity contribution is 7.92. The van der Waals surface area contributed by atoms with Gasteiger partial charge in [0.25, 0.3) is 20.0 Å². The Kier molecular flexibility index (Phi) is 7.22. The molecule has 4 rings (SSSR count). The maximum Gasteiger partial charge on any atom is 0.264 e. The summed E-state index contributed by atoms with van der Waals surface area (Å²) in [7, 11) is -7.54. The summed E-state index contributed by atoms with van der Waals surface area (Å²) in [6.07, 6.45) is 1.14.